The lowest BCUT2D eigenvalue weighted by atomic mass is 10.2. The molecule has 3 heteroatoms. The van der Waals surface area contributed by atoms with Crippen LogP contribution in [0.15, 0.2) is 36.9 Å². The van der Waals surface area contributed by atoms with Gasteiger partial charge in [-0.2, -0.15) is 0 Å². The zero-order valence-electron chi connectivity index (χ0n) is 7.44. The highest BCUT2D eigenvalue weighted by Gasteiger charge is 1.99. The Morgan fingerprint density at radius 2 is 2.23 bits per heavy atom. The van der Waals surface area contributed by atoms with Gasteiger partial charge in [-0.25, -0.2) is 4.98 Å². The van der Waals surface area contributed by atoms with Gasteiger partial charge in [-0.15, -0.1) is 0 Å². The van der Waals surface area contributed by atoms with Crippen LogP contribution in [0.5, 0.6) is 0 Å². The van der Waals surface area contributed by atoms with Gasteiger partial charge in [0, 0.05) is 18.1 Å². The monoisotopic (exact) mass is 173 g/mol. The first-order valence-corrected chi connectivity index (χ1v) is 4.12. The Hall–Kier alpha value is -1.77. The van der Waals surface area contributed by atoms with Crippen molar-refractivity contribution < 1.29 is 0 Å². The number of imidazole rings is 1. The average Bonchev–Trinajstić information content (AvgIpc) is 2.61. The maximum atomic E-state index is 5.70. The van der Waals surface area contributed by atoms with Gasteiger partial charge in [0.25, 0.3) is 0 Å². The molecule has 66 valence electrons. The molecule has 2 aromatic rings. The van der Waals surface area contributed by atoms with Crippen LogP contribution in [-0.2, 0) is 0 Å². The Labute approximate surface area is 76.8 Å². The van der Waals surface area contributed by atoms with Crippen LogP contribution in [0, 0.1) is 6.92 Å². The maximum Gasteiger partial charge on any atom is 0.0991 e. The van der Waals surface area contributed by atoms with Crippen molar-refractivity contribution in [1.29, 1.82) is 0 Å². The Morgan fingerprint density at radius 3 is 2.92 bits per heavy atom. The van der Waals surface area contributed by atoms with Crippen LogP contribution < -0.4 is 5.73 Å². The van der Waals surface area contributed by atoms with Crippen LogP contribution in [0.1, 0.15) is 5.56 Å². The summed E-state index contributed by atoms with van der Waals surface area (Å²) in [4.78, 5) is 3.99. The molecule has 3 nitrogen and oxygen atoms in total. The van der Waals surface area contributed by atoms with Crippen LogP contribution in [-0.4, -0.2) is 9.55 Å². The smallest absolute Gasteiger partial charge is 0.0991 e. The van der Waals surface area contributed by atoms with Crippen molar-refractivity contribution in [2.75, 3.05) is 5.73 Å². The third kappa shape index (κ3) is 1.40. The summed E-state index contributed by atoms with van der Waals surface area (Å²) >= 11 is 0. The minimum absolute atomic E-state index is 0.773. The molecule has 0 aliphatic rings. The fraction of sp³-hybridized carbons (Fsp3) is 0.100. The molecular weight excluding hydrogens is 162 g/mol. The summed E-state index contributed by atoms with van der Waals surface area (Å²) in [5, 5.41) is 0. The van der Waals surface area contributed by atoms with Gasteiger partial charge in [-0.05, 0) is 24.6 Å². The third-order valence-corrected chi connectivity index (χ3v) is 2.02. The first-order valence-electron chi connectivity index (χ1n) is 4.12. The van der Waals surface area contributed by atoms with Crippen molar-refractivity contribution in [1.82, 2.24) is 9.55 Å². The number of anilines is 1. The van der Waals surface area contributed by atoms with Gasteiger partial charge in [0.15, 0.2) is 0 Å². The van der Waals surface area contributed by atoms with Gasteiger partial charge in [0.05, 0.1) is 12.0 Å². The van der Waals surface area contributed by atoms with E-state index >= 15 is 0 Å². The van der Waals surface area contributed by atoms with E-state index in [1.807, 2.05) is 29.0 Å². The minimum atomic E-state index is 0.773. The van der Waals surface area contributed by atoms with Crippen LogP contribution in [0.4, 0.5) is 5.69 Å². The van der Waals surface area contributed by atoms with Crippen molar-refractivity contribution >= 4 is 5.69 Å². The second-order valence-corrected chi connectivity index (χ2v) is 3.02. The van der Waals surface area contributed by atoms with Gasteiger partial charge >= 0.3 is 0 Å². The fourth-order valence-electron chi connectivity index (χ4n) is 1.31. The number of nitrogen functional groups attached to an aromatic ring is 1. The second kappa shape index (κ2) is 2.94. The van der Waals surface area contributed by atoms with E-state index < -0.39 is 0 Å². The molecule has 0 saturated heterocycles. The van der Waals surface area contributed by atoms with E-state index in [0.29, 0.717) is 0 Å². The van der Waals surface area contributed by atoms with E-state index in [1.54, 1.807) is 12.5 Å². The van der Waals surface area contributed by atoms with Gasteiger partial charge in [0.1, 0.15) is 0 Å². The zero-order chi connectivity index (χ0) is 9.26. The first kappa shape index (κ1) is 7.86. The lowest BCUT2D eigenvalue weighted by Crippen LogP contribution is -1.95. The number of hydrogen-bond acceptors (Lipinski definition) is 2. The number of aryl methyl sites for hydroxylation is 1. The third-order valence-electron chi connectivity index (χ3n) is 2.02. The number of rotatable bonds is 1. The molecule has 2 N–H and O–H groups in total. The van der Waals surface area contributed by atoms with Gasteiger partial charge in [-0.1, -0.05) is 6.07 Å². The number of aromatic nitrogens is 2. The van der Waals surface area contributed by atoms with E-state index in [2.05, 4.69) is 11.9 Å². The van der Waals surface area contributed by atoms with Crippen LogP contribution in [0.2, 0.25) is 0 Å². The van der Waals surface area contributed by atoms with E-state index in [-0.39, 0.29) is 0 Å². The minimum Gasteiger partial charge on any atom is -0.399 e. The zero-order valence-corrected chi connectivity index (χ0v) is 7.44. The molecule has 13 heavy (non-hydrogen) atoms. The molecule has 0 aliphatic carbocycles. The van der Waals surface area contributed by atoms with Crippen LogP contribution in [0.3, 0.4) is 0 Å². The molecule has 0 unspecified atom stereocenters. The molecule has 0 saturated carbocycles. The number of hydrogen-bond donors (Lipinski definition) is 1. The van der Waals surface area contributed by atoms with Gasteiger partial charge < -0.3 is 10.3 Å². The maximum absolute atomic E-state index is 5.70. The molecule has 0 aliphatic heterocycles. The summed E-state index contributed by atoms with van der Waals surface area (Å²) in [6.45, 7) is 2.05. The molecule has 0 atom stereocenters. The topological polar surface area (TPSA) is 43.8 Å². The lowest BCUT2D eigenvalue weighted by Gasteiger charge is -2.06. The molecule has 0 spiro atoms. The lowest BCUT2D eigenvalue weighted by molar-refractivity contribution is 1.04. The van der Waals surface area contributed by atoms with E-state index in [1.165, 1.54) is 5.56 Å². The summed E-state index contributed by atoms with van der Waals surface area (Å²) < 4.78 is 1.95. The Bertz CT molecular complexity index is 404. The molecule has 0 amide bonds. The van der Waals surface area contributed by atoms with Crippen LogP contribution in [0.25, 0.3) is 5.69 Å². The largest absolute Gasteiger partial charge is 0.399 e. The summed E-state index contributed by atoms with van der Waals surface area (Å²) in [5.41, 5.74) is 8.74. The Balaban J connectivity index is 2.57. The second-order valence-electron chi connectivity index (χ2n) is 3.02. The Morgan fingerprint density at radius 1 is 1.38 bits per heavy atom. The first-order chi connectivity index (χ1) is 6.27. The molecule has 1 heterocycles. The summed E-state index contributed by atoms with van der Waals surface area (Å²) in [7, 11) is 0. The van der Waals surface area contributed by atoms with E-state index in [9.17, 15) is 0 Å². The molecule has 1 aromatic heterocycles. The van der Waals surface area contributed by atoms with Crippen molar-refractivity contribution in [3.8, 4) is 5.69 Å². The number of nitrogens with two attached hydrogens (primary N) is 1. The van der Waals surface area contributed by atoms with Crippen molar-refractivity contribution in [3.05, 3.63) is 42.5 Å². The average molecular weight is 173 g/mol. The van der Waals surface area contributed by atoms with Crippen molar-refractivity contribution in [2.24, 2.45) is 0 Å². The Kier molecular flexibility index (Phi) is 1.77. The number of benzene rings is 1. The van der Waals surface area contributed by atoms with E-state index in [0.717, 1.165) is 11.4 Å². The normalized spacial score (nSPS) is 10.2. The molecule has 0 radical (unpaired) electrons. The standard InChI is InChI=1S/C10H11N3/c1-8-2-3-9(11)6-10(8)13-5-4-12-7-13/h2-7H,11H2,1H3. The van der Waals surface area contributed by atoms with Gasteiger partial charge in [0.2, 0.25) is 0 Å². The fourth-order valence-corrected chi connectivity index (χ4v) is 1.31. The quantitative estimate of drug-likeness (QED) is 0.668. The highest BCUT2D eigenvalue weighted by Crippen LogP contribution is 2.16. The highest BCUT2D eigenvalue weighted by atomic mass is 15.0. The SMILES string of the molecule is Cc1ccc(N)cc1-n1ccnc1. The summed E-state index contributed by atoms with van der Waals surface area (Å²) in [6, 6.07) is 5.84. The predicted molar refractivity (Wildman–Crippen MR) is 52.7 cm³/mol. The number of nitrogens with zero attached hydrogens (tertiary/aromatic N) is 2. The van der Waals surface area contributed by atoms with Crippen molar-refractivity contribution in [3.63, 3.8) is 0 Å². The van der Waals surface area contributed by atoms with Crippen LogP contribution >= 0.6 is 0 Å². The predicted octanol–water partition coefficient (Wildman–Crippen LogP) is 1.76. The molecule has 0 fully saturated rings. The molecule has 1 aromatic carbocycles. The van der Waals surface area contributed by atoms with E-state index in [4.69, 9.17) is 5.73 Å². The highest BCUT2D eigenvalue weighted by molar-refractivity contribution is 5.52. The van der Waals surface area contributed by atoms with Crippen molar-refractivity contribution in [2.45, 2.75) is 6.92 Å². The molecular formula is C10H11N3. The molecule has 0 bridgehead atoms. The summed E-state index contributed by atoms with van der Waals surface area (Å²) in [5.74, 6) is 0. The molecule has 2 rings (SSSR count). The van der Waals surface area contributed by atoms with Gasteiger partial charge in [-0.3, -0.25) is 0 Å². The summed E-state index contributed by atoms with van der Waals surface area (Å²) in [6.07, 6.45) is 5.42.